The van der Waals surface area contributed by atoms with Gasteiger partial charge in [0.15, 0.2) is 5.11 Å². The van der Waals surface area contributed by atoms with Crippen molar-refractivity contribution in [2.45, 2.75) is 32.3 Å². The number of piperazine rings is 1. The van der Waals surface area contributed by atoms with Crippen molar-refractivity contribution in [1.82, 2.24) is 9.80 Å². The molecule has 0 unspecified atom stereocenters. The van der Waals surface area contributed by atoms with Crippen LogP contribution in [0.1, 0.15) is 40.6 Å². The van der Waals surface area contributed by atoms with Gasteiger partial charge in [-0.05, 0) is 43.6 Å². The molecule has 2 fully saturated rings. The number of hydrogen-bond donors (Lipinski definition) is 1. The maximum Gasteiger partial charge on any atom is 0.341 e. The van der Waals surface area contributed by atoms with Gasteiger partial charge >= 0.3 is 5.97 Å². The topological polar surface area (TPSA) is 71.1 Å². The van der Waals surface area contributed by atoms with Crippen molar-refractivity contribution in [1.29, 1.82) is 0 Å². The molecule has 0 saturated carbocycles. The quantitative estimate of drug-likeness (QED) is 0.494. The van der Waals surface area contributed by atoms with Crippen LogP contribution in [0.3, 0.4) is 0 Å². The number of thiocarbonyl (C=S) groups is 1. The number of hydrogen-bond acceptors (Lipinski definition) is 6. The predicted molar refractivity (Wildman–Crippen MR) is 133 cm³/mol. The van der Waals surface area contributed by atoms with Gasteiger partial charge in [0.05, 0.1) is 12.2 Å². The molecule has 0 radical (unpaired) electrons. The van der Waals surface area contributed by atoms with Crippen LogP contribution in [-0.4, -0.2) is 72.3 Å². The third kappa shape index (κ3) is 5.90. The van der Waals surface area contributed by atoms with Crippen molar-refractivity contribution >= 4 is 45.5 Å². The average molecular weight is 488 g/mol. The Morgan fingerprint density at radius 1 is 1.18 bits per heavy atom. The van der Waals surface area contributed by atoms with E-state index in [0.717, 1.165) is 24.1 Å². The Bertz CT molecular complexity index is 981. The second kappa shape index (κ2) is 11.1. The fraction of sp³-hybridized carbons (Fsp3) is 0.458. The highest BCUT2D eigenvalue weighted by Gasteiger charge is 2.31. The van der Waals surface area contributed by atoms with Crippen molar-refractivity contribution in [3.8, 4) is 0 Å². The van der Waals surface area contributed by atoms with Crippen LogP contribution in [0.15, 0.2) is 36.4 Å². The smallest absolute Gasteiger partial charge is 0.341 e. The van der Waals surface area contributed by atoms with Gasteiger partial charge < -0.3 is 24.6 Å². The van der Waals surface area contributed by atoms with Crippen LogP contribution in [0.5, 0.6) is 0 Å². The molecule has 0 bridgehead atoms. The van der Waals surface area contributed by atoms with Gasteiger partial charge in [-0.1, -0.05) is 30.3 Å². The summed E-state index contributed by atoms with van der Waals surface area (Å²) in [5, 5.41) is 4.52. The van der Waals surface area contributed by atoms with E-state index in [0.29, 0.717) is 55.1 Å². The average Bonchev–Trinajstić information content (AvgIpc) is 3.50. The normalized spacial score (nSPS) is 18.3. The summed E-state index contributed by atoms with van der Waals surface area (Å²) in [6.45, 7) is 5.27. The maximum absolute atomic E-state index is 12.6. The van der Waals surface area contributed by atoms with E-state index in [1.807, 2.05) is 34.1 Å². The Balaban J connectivity index is 1.40. The lowest BCUT2D eigenvalue weighted by atomic mass is 10.1. The van der Waals surface area contributed by atoms with Gasteiger partial charge in [-0.15, -0.1) is 11.3 Å². The maximum atomic E-state index is 12.6. The molecule has 1 atom stereocenters. The number of benzene rings is 1. The highest BCUT2D eigenvalue weighted by Crippen LogP contribution is 2.31. The van der Waals surface area contributed by atoms with E-state index in [1.54, 1.807) is 6.92 Å². The number of rotatable bonds is 6. The molecule has 2 aliphatic heterocycles. The molecule has 176 valence electrons. The summed E-state index contributed by atoms with van der Waals surface area (Å²) >= 11 is 7.17. The number of thiophene rings is 1. The van der Waals surface area contributed by atoms with Crippen LogP contribution < -0.4 is 5.32 Å². The molecule has 2 aliphatic rings. The number of amides is 1. The molecule has 1 N–H and O–H groups in total. The van der Waals surface area contributed by atoms with Crippen LogP contribution in [0.2, 0.25) is 0 Å². The number of carbonyl (C=O) groups excluding carboxylic acids is 2. The van der Waals surface area contributed by atoms with Gasteiger partial charge in [-0.3, -0.25) is 4.79 Å². The summed E-state index contributed by atoms with van der Waals surface area (Å²) in [5.41, 5.74) is 1.68. The summed E-state index contributed by atoms with van der Waals surface area (Å²) in [5.74, 6) is -0.273. The van der Waals surface area contributed by atoms with Crippen LogP contribution >= 0.6 is 23.6 Å². The lowest BCUT2D eigenvalue weighted by Gasteiger charge is -2.37. The monoisotopic (exact) mass is 487 g/mol. The molecule has 3 heterocycles. The van der Waals surface area contributed by atoms with E-state index in [4.69, 9.17) is 21.7 Å². The Morgan fingerprint density at radius 2 is 1.91 bits per heavy atom. The van der Waals surface area contributed by atoms with Gasteiger partial charge in [-0.25, -0.2) is 4.79 Å². The van der Waals surface area contributed by atoms with Crippen molar-refractivity contribution in [2.75, 3.05) is 44.7 Å². The molecular formula is C24H29N3O4S2. The standard InChI is InChI=1S/C24H29N3O4S2/c1-2-30-23(29)19-16-18(15-17-7-4-3-5-8-17)33-21(19)25-24(32)27-12-10-26(11-13-27)22(28)20-9-6-14-31-20/h3-5,7-8,16,20H,2,6,9-15H2,1H3,(H,25,32)/t20-/m0/s1. The first-order valence-corrected chi connectivity index (χ1v) is 12.6. The molecule has 1 aromatic heterocycles. The molecule has 0 aliphatic carbocycles. The summed E-state index contributed by atoms with van der Waals surface area (Å²) in [6, 6.07) is 12.0. The molecule has 2 saturated heterocycles. The fourth-order valence-corrected chi connectivity index (χ4v) is 5.49. The molecule has 33 heavy (non-hydrogen) atoms. The molecule has 7 nitrogen and oxygen atoms in total. The van der Waals surface area contributed by atoms with Crippen molar-refractivity contribution < 1.29 is 19.1 Å². The Labute approximate surface area is 203 Å². The molecule has 0 spiro atoms. The number of esters is 1. The third-order valence-corrected chi connectivity index (χ3v) is 7.21. The van der Waals surface area contributed by atoms with Crippen molar-refractivity contribution in [2.24, 2.45) is 0 Å². The Hall–Kier alpha value is -2.49. The number of nitrogens with zero attached hydrogens (tertiary/aromatic N) is 2. The van der Waals surface area contributed by atoms with Crippen LogP contribution in [0, 0.1) is 0 Å². The zero-order valence-electron chi connectivity index (χ0n) is 18.7. The highest BCUT2D eigenvalue weighted by molar-refractivity contribution is 7.80. The number of carbonyl (C=O) groups is 2. The lowest BCUT2D eigenvalue weighted by molar-refractivity contribution is -0.142. The SMILES string of the molecule is CCOC(=O)c1cc(Cc2ccccc2)sc1NC(=S)N1CCN(C(=O)[C@@H]2CCCO2)CC1. The first kappa shape index (κ1) is 23.7. The minimum atomic E-state index is -0.356. The van der Waals surface area contributed by atoms with Gasteiger partial charge in [0, 0.05) is 44.1 Å². The van der Waals surface area contributed by atoms with Crippen molar-refractivity contribution in [3.05, 3.63) is 52.4 Å². The Morgan fingerprint density at radius 3 is 2.58 bits per heavy atom. The molecule has 4 rings (SSSR count). The van der Waals surface area contributed by atoms with E-state index in [2.05, 4.69) is 17.4 Å². The van der Waals surface area contributed by atoms with E-state index < -0.39 is 0 Å². The predicted octanol–water partition coefficient (Wildman–Crippen LogP) is 3.54. The summed E-state index contributed by atoms with van der Waals surface area (Å²) in [4.78, 5) is 30.1. The van der Waals surface area contributed by atoms with Gasteiger partial charge in [0.1, 0.15) is 11.1 Å². The molecule has 2 aromatic rings. The lowest BCUT2D eigenvalue weighted by Crippen LogP contribution is -2.53. The molecule has 1 aromatic carbocycles. The van der Waals surface area contributed by atoms with E-state index >= 15 is 0 Å². The largest absolute Gasteiger partial charge is 0.462 e. The fourth-order valence-electron chi connectivity index (χ4n) is 4.06. The van der Waals surface area contributed by atoms with E-state index in [1.165, 1.54) is 16.9 Å². The second-order valence-electron chi connectivity index (χ2n) is 8.08. The minimum absolute atomic E-state index is 0.0828. The van der Waals surface area contributed by atoms with Crippen LogP contribution in [0.4, 0.5) is 5.00 Å². The number of ether oxygens (including phenoxy) is 2. The highest BCUT2D eigenvalue weighted by atomic mass is 32.1. The summed E-state index contributed by atoms with van der Waals surface area (Å²) < 4.78 is 10.8. The number of nitrogens with one attached hydrogen (secondary N) is 1. The second-order valence-corrected chi connectivity index (χ2v) is 9.61. The van der Waals surface area contributed by atoms with Crippen LogP contribution in [-0.2, 0) is 20.7 Å². The zero-order valence-corrected chi connectivity index (χ0v) is 20.4. The van der Waals surface area contributed by atoms with Gasteiger partial charge in [-0.2, -0.15) is 0 Å². The minimum Gasteiger partial charge on any atom is -0.462 e. The first-order valence-electron chi connectivity index (χ1n) is 11.3. The van der Waals surface area contributed by atoms with Gasteiger partial charge in [0.25, 0.3) is 5.91 Å². The summed E-state index contributed by atoms with van der Waals surface area (Å²) in [7, 11) is 0. The van der Waals surface area contributed by atoms with E-state index in [9.17, 15) is 9.59 Å². The first-order chi connectivity index (χ1) is 16.0. The third-order valence-electron chi connectivity index (χ3n) is 5.80. The Kier molecular flexibility index (Phi) is 7.95. The van der Waals surface area contributed by atoms with E-state index in [-0.39, 0.29) is 18.0 Å². The van der Waals surface area contributed by atoms with Crippen molar-refractivity contribution in [3.63, 3.8) is 0 Å². The molecule has 9 heteroatoms. The van der Waals surface area contributed by atoms with Crippen LogP contribution in [0.25, 0.3) is 0 Å². The molecule has 1 amide bonds. The van der Waals surface area contributed by atoms with Gasteiger partial charge in [0.2, 0.25) is 0 Å². The number of anilines is 1. The zero-order chi connectivity index (χ0) is 23.2. The molecular weight excluding hydrogens is 458 g/mol. The summed E-state index contributed by atoms with van der Waals surface area (Å²) in [6.07, 6.45) is 2.19.